The Morgan fingerprint density at radius 3 is 2.52 bits per heavy atom. The largest absolute Gasteiger partial charge is 0.354 e. The van der Waals surface area contributed by atoms with Crippen molar-refractivity contribution in [2.45, 2.75) is 26.7 Å². The molecule has 1 aromatic rings. The summed E-state index contributed by atoms with van der Waals surface area (Å²) in [5, 5.41) is 13.5. The van der Waals surface area contributed by atoms with Crippen molar-refractivity contribution in [3.05, 3.63) is 39.9 Å². The number of nitro benzene ring substituents is 1. The van der Waals surface area contributed by atoms with E-state index in [1.165, 1.54) is 12.1 Å². The van der Waals surface area contributed by atoms with Gasteiger partial charge in [-0.1, -0.05) is 12.1 Å². The third-order valence-electron chi connectivity index (χ3n) is 5.44. The van der Waals surface area contributed by atoms with Crippen LogP contribution in [0.25, 0.3) is 0 Å². The van der Waals surface area contributed by atoms with Crippen LogP contribution in [-0.2, 0) is 16.0 Å². The summed E-state index contributed by atoms with van der Waals surface area (Å²) in [5.74, 6) is -0.125. The van der Waals surface area contributed by atoms with Crippen LogP contribution < -0.4 is 5.32 Å². The van der Waals surface area contributed by atoms with Gasteiger partial charge in [-0.25, -0.2) is 0 Å². The Morgan fingerprint density at radius 1 is 1.26 bits per heavy atom. The number of benzene rings is 1. The van der Waals surface area contributed by atoms with Crippen molar-refractivity contribution in [3.63, 3.8) is 0 Å². The van der Waals surface area contributed by atoms with Crippen LogP contribution in [0.2, 0.25) is 0 Å². The normalized spacial score (nSPS) is 16.7. The minimum atomic E-state index is -0.436. The molecule has 2 amide bonds. The molecule has 1 heterocycles. The topological polar surface area (TPSA) is 92.6 Å². The molecule has 1 saturated heterocycles. The first-order valence-electron chi connectivity index (χ1n) is 9.52. The van der Waals surface area contributed by atoms with Crippen LogP contribution in [0.15, 0.2) is 24.3 Å². The molecule has 8 heteroatoms. The van der Waals surface area contributed by atoms with Crippen molar-refractivity contribution in [1.29, 1.82) is 0 Å². The molecule has 0 aliphatic carbocycles. The lowest BCUT2D eigenvalue weighted by Gasteiger charge is -2.34. The van der Waals surface area contributed by atoms with Gasteiger partial charge < -0.3 is 14.7 Å². The SMILES string of the molecule is CC[N+]1(CC)CCCN(CC(=O)NCCc2ccc([N+](=O)[O-])cc2)C(=O)C1. The van der Waals surface area contributed by atoms with Gasteiger partial charge in [-0.2, -0.15) is 0 Å². The molecule has 0 radical (unpaired) electrons. The van der Waals surface area contributed by atoms with E-state index in [1.807, 2.05) is 0 Å². The maximum atomic E-state index is 12.5. The Balaban J connectivity index is 1.79. The van der Waals surface area contributed by atoms with E-state index in [-0.39, 0.29) is 24.0 Å². The number of nitro groups is 1. The molecule has 0 bridgehead atoms. The smallest absolute Gasteiger partial charge is 0.278 e. The summed E-state index contributed by atoms with van der Waals surface area (Å²) in [6, 6.07) is 6.29. The number of nitrogens with one attached hydrogen (secondary N) is 1. The number of amides is 2. The van der Waals surface area contributed by atoms with Crippen molar-refractivity contribution >= 4 is 17.5 Å². The molecule has 1 aromatic carbocycles. The summed E-state index contributed by atoms with van der Waals surface area (Å²) in [4.78, 5) is 36.6. The first kappa shape index (κ1) is 20.8. The fraction of sp³-hybridized carbons (Fsp3) is 0.579. The van der Waals surface area contributed by atoms with E-state index in [9.17, 15) is 19.7 Å². The molecule has 1 aliphatic heterocycles. The molecule has 2 rings (SSSR count). The summed E-state index contributed by atoms with van der Waals surface area (Å²) in [6.07, 6.45) is 1.49. The monoisotopic (exact) mass is 377 g/mol. The zero-order valence-electron chi connectivity index (χ0n) is 16.1. The van der Waals surface area contributed by atoms with Gasteiger partial charge in [0.1, 0.15) is 0 Å². The minimum absolute atomic E-state index is 0.0433. The van der Waals surface area contributed by atoms with Crippen molar-refractivity contribution in [2.24, 2.45) is 0 Å². The summed E-state index contributed by atoms with van der Waals surface area (Å²) in [5.41, 5.74) is 0.968. The number of hydrogen-bond donors (Lipinski definition) is 1. The van der Waals surface area contributed by atoms with Crippen LogP contribution in [0.4, 0.5) is 5.69 Å². The molecule has 0 saturated carbocycles. The Bertz CT molecular complexity index is 671. The van der Waals surface area contributed by atoms with Gasteiger partial charge in [0, 0.05) is 31.6 Å². The quantitative estimate of drug-likeness (QED) is 0.420. The highest BCUT2D eigenvalue weighted by Crippen LogP contribution is 2.14. The van der Waals surface area contributed by atoms with Crippen molar-refractivity contribution in [3.8, 4) is 0 Å². The lowest BCUT2D eigenvalue weighted by Crippen LogP contribution is -2.52. The molecular formula is C19H29N4O4+. The van der Waals surface area contributed by atoms with Gasteiger partial charge in [0.05, 0.1) is 31.1 Å². The maximum Gasteiger partial charge on any atom is 0.278 e. The number of likely N-dealkylation sites (N-methyl/N-ethyl adjacent to an activating group) is 1. The zero-order valence-corrected chi connectivity index (χ0v) is 16.1. The van der Waals surface area contributed by atoms with Crippen molar-refractivity contribution in [2.75, 3.05) is 45.8 Å². The van der Waals surface area contributed by atoms with Gasteiger partial charge >= 0.3 is 0 Å². The molecule has 8 nitrogen and oxygen atoms in total. The zero-order chi connectivity index (χ0) is 19.9. The van der Waals surface area contributed by atoms with E-state index in [0.29, 0.717) is 26.1 Å². The Hall–Kier alpha value is -2.48. The molecule has 1 fully saturated rings. The Kier molecular flexibility index (Phi) is 7.29. The highest BCUT2D eigenvalue weighted by atomic mass is 16.6. The lowest BCUT2D eigenvalue weighted by atomic mass is 10.1. The first-order valence-corrected chi connectivity index (χ1v) is 9.52. The fourth-order valence-corrected chi connectivity index (χ4v) is 3.48. The molecule has 0 aromatic heterocycles. The average Bonchev–Trinajstić information content (AvgIpc) is 2.81. The number of carbonyl (C=O) groups excluding carboxylic acids is 2. The number of quaternary nitrogens is 1. The van der Waals surface area contributed by atoms with Crippen LogP contribution in [0.1, 0.15) is 25.8 Å². The van der Waals surface area contributed by atoms with Gasteiger partial charge in [-0.05, 0) is 25.8 Å². The summed E-state index contributed by atoms with van der Waals surface area (Å²) < 4.78 is 0.789. The molecule has 0 atom stereocenters. The maximum absolute atomic E-state index is 12.5. The van der Waals surface area contributed by atoms with Crippen LogP contribution in [0.5, 0.6) is 0 Å². The number of carbonyl (C=O) groups is 2. The number of hydrogen-bond acceptors (Lipinski definition) is 4. The second kappa shape index (κ2) is 9.45. The van der Waals surface area contributed by atoms with E-state index >= 15 is 0 Å². The van der Waals surface area contributed by atoms with Crippen molar-refractivity contribution in [1.82, 2.24) is 10.2 Å². The molecule has 148 valence electrons. The van der Waals surface area contributed by atoms with E-state index in [0.717, 1.165) is 36.1 Å². The van der Waals surface area contributed by atoms with Crippen molar-refractivity contribution < 1.29 is 19.0 Å². The van der Waals surface area contributed by atoms with E-state index in [2.05, 4.69) is 19.2 Å². The van der Waals surface area contributed by atoms with E-state index in [1.54, 1.807) is 17.0 Å². The van der Waals surface area contributed by atoms with Gasteiger partial charge in [0.15, 0.2) is 6.54 Å². The number of nitrogens with zero attached hydrogens (tertiary/aromatic N) is 3. The highest BCUT2D eigenvalue weighted by Gasteiger charge is 2.33. The molecule has 1 N–H and O–H groups in total. The van der Waals surface area contributed by atoms with Crippen LogP contribution in [0.3, 0.4) is 0 Å². The van der Waals surface area contributed by atoms with Gasteiger partial charge in [0.25, 0.3) is 11.6 Å². The summed E-state index contributed by atoms with van der Waals surface area (Å²) >= 11 is 0. The molecule has 1 aliphatic rings. The number of rotatable bonds is 8. The van der Waals surface area contributed by atoms with Crippen LogP contribution in [-0.4, -0.2) is 71.9 Å². The van der Waals surface area contributed by atoms with E-state index < -0.39 is 4.92 Å². The van der Waals surface area contributed by atoms with Crippen LogP contribution in [0, 0.1) is 10.1 Å². The summed E-state index contributed by atoms with van der Waals surface area (Å²) in [6.45, 7) is 8.65. The standard InChI is InChI=1S/C19H28N4O4/c1-3-23(4-2)13-5-12-21(19(25)15-23)14-18(24)20-11-10-16-6-8-17(9-7-16)22(26)27/h6-9H,3-5,10-15H2,1-2H3/p+1. The van der Waals surface area contributed by atoms with Gasteiger partial charge in [0.2, 0.25) is 5.91 Å². The third-order valence-corrected chi connectivity index (χ3v) is 5.44. The van der Waals surface area contributed by atoms with Gasteiger partial charge in [-0.15, -0.1) is 0 Å². The first-order chi connectivity index (χ1) is 12.9. The predicted molar refractivity (Wildman–Crippen MR) is 102 cm³/mol. The highest BCUT2D eigenvalue weighted by molar-refractivity contribution is 5.85. The second-order valence-corrected chi connectivity index (χ2v) is 7.05. The lowest BCUT2D eigenvalue weighted by molar-refractivity contribution is -0.916. The average molecular weight is 377 g/mol. The summed E-state index contributed by atoms with van der Waals surface area (Å²) in [7, 11) is 0. The fourth-order valence-electron chi connectivity index (χ4n) is 3.48. The Labute approximate surface area is 159 Å². The minimum Gasteiger partial charge on any atom is -0.354 e. The van der Waals surface area contributed by atoms with Crippen LogP contribution >= 0.6 is 0 Å². The predicted octanol–water partition coefficient (Wildman–Crippen LogP) is 1.34. The molecule has 0 unspecified atom stereocenters. The van der Waals surface area contributed by atoms with Gasteiger partial charge in [-0.3, -0.25) is 19.7 Å². The van der Waals surface area contributed by atoms with E-state index in [4.69, 9.17) is 0 Å². The second-order valence-electron chi connectivity index (χ2n) is 7.05. The Morgan fingerprint density at radius 2 is 1.93 bits per heavy atom. The molecule has 0 spiro atoms. The molecule has 27 heavy (non-hydrogen) atoms. The third kappa shape index (κ3) is 5.75. The molecular weight excluding hydrogens is 348 g/mol. The number of non-ortho nitro benzene ring substituents is 1.